The molecule has 1 aromatic carbocycles. The van der Waals surface area contributed by atoms with Crippen LogP contribution in [0.3, 0.4) is 0 Å². The maximum Gasteiger partial charge on any atom is 0.238 e. The molecular formula is C14H20Cl3N3O. The molecule has 21 heavy (non-hydrogen) atoms. The van der Waals surface area contributed by atoms with E-state index in [9.17, 15) is 4.79 Å². The highest BCUT2D eigenvalue weighted by molar-refractivity contribution is 6.35. The largest absolute Gasteiger partial charge is 0.327 e. The number of nitrogens with one attached hydrogen (secondary N) is 1. The summed E-state index contributed by atoms with van der Waals surface area (Å²) in [4.78, 5) is 14.2. The van der Waals surface area contributed by atoms with E-state index in [2.05, 4.69) is 17.1 Å². The number of benzene rings is 1. The van der Waals surface area contributed by atoms with Crippen LogP contribution in [0.15, 0.2) is 18.2 Å². The van der Waals surface area contributed by atoms with E-state index in [1.807, 2.05) is 0 Å². The summed E-state index contributed by atoms with van der Waals surface area (Å²) in [6.07, 6.45) is 0.923. The molecule has 1 heterocycles. The summed E-state index contributed by atoms with van der Waals surface area (Å²) in [5, 5.41) is 3.82. The van der Waals surface area contributed by atoms with Gasteiger partial charge in [-0.2, -0.15) is 0 Å². The van der Waals surface area contributed by atoms with E-state index in [1.54, 1.807) is 18.2 Å². The van der Waals surface area contributed by atoms with Gasteiger partial charge in [0.05, 0.1) is 17.3 Å². The molecule has 3 N–H and O–H groups in total. The van der Waals surface area contributed by atoms with Crippen LogP contribution in [0, 0.1) is 5.92 Å². The molecule has 0 saturated carbocycles. The number of carbonyl (C=O) groups excluding carboxylic acids is 1. The minimum Gasteiger partial charge on any atom is -0.327 e. The minimum absolute atomic E-state index is 0. The highest BCUT2D eigenvalue weighted by Crippen LogP contribution is 2.25. The van der Waals surface area contributed by atoms with Crippen molar-refractivity contribution in [1.29, 1.82) is 0 Å². The zero-order valence-corrected chi connectivity index (χ0v) is 14.1. The Morgan fingerprint density at radius 3 is 2.86 bits per heavy atom. The smallest absolute Gasteiger partial charge is 0.238 e. The van der Waals surface area contributed by atoms with Crippen LogP contribution in [0.25, 0.3) is 0 Å². The van der Waals surface area contributed by atoms with E-state index in [0.29, 0.717) is 28.2 Å². The third-order valence-corrected chi connectivity index (χ3v) is 4.19. The fourth-order valence-electron chi connectivity index (χ4n) is 2.38. The molecule has 1 amide bonds. The maximum atomic E-state index is 12.0. The summed E-state index contributed by atoms with van der Waals surface area (Å²) >= 11 is 11.9. The number of carbonyl (C=O) groups is 1. The topological polar surface area (TPSA) is 58.4 Å². The van der Waals surface area contributed by atoms with Crippen molar-refractivity contribution in [3.63, 3.8) is 0 Å². The molecule has 2 unspecified atom stereocenters. The average molecular weight is 353 g/mol. The third kappa shape index (κ3) is 5.31. The van der Waals surface area contributed by atoms with E-state index in [0.717, 1.165) is 19.5 Å². The molecule has 7 heteroatoms. The van der Waals surface area contributed by atoms with Gasteiger partial charge in [0.25, 0.3) is 0 Å². The predicted octanol–water partition coefficient (Wildman–Crippen LogP) is 3.02. The Labute approximate surface area is 141 Å². The molecule has 1 saturated heterocycles. The summed E-state index contributed by atoms with van der Waals surface area (Å²) in [5.41, 5.74) is 6.52. The van der Waals surface area contributed by atoms with Crippen LogP contribution in [0.1, 0.15) is 13.3 Å². The van der Waals surface area contributed by atoms with Crippen LogP contribution in [0.4, 0.5) is 5.69 Å². The van der Waals surface area contributed by atoms with Gasteiger partial charge in [0.15, 0.2) is 0 Å². The lowest BCUT2D eigenvalue weighted by atomic mass is 9.95. The number of hydrogen-bond acceptors (Lipinski definition) is 3. The quantitative estimate of drug-likeness (QED) is 0.879. The number of amides is 1. The zero-order chi connectivity index (χ0) is 14.7. The molecule has 0 aromatic heterocycles. The van der Waals surface area contributed by atoms with Gasteiger partial charge in [-0.3, -0.25) is 9.69 Å². The lowest BCUT2D eigenvalue weighted by Gasteiger charge is -2.34. The molecule has 2 atom stereocenters. The Hall–Kier alpha value is -0.520. The molecule has 0 radical (unpaired) electrons. The highest BCUT2D eigenvalue weighted by Gasteiger charge is 2.24. The zero-order valence-electron chi connectivity index (χ0n) is 11.8. The van der Waals surface area contributed by atoms with Crippen molar-refractivity contribution in [1.82, 2.24) is 4.90 Å². The number of piperidine rings is 1. The van der Waals surface area contributed by atoms with Crippen molar-refractivity contribution >= 4 is 47.2 Å². The van der Waals surface area contributed by atoms with Crippen molar-refractivity contribution in [3.8, 4) is 0 Å². The number of nitrogens with two attached hydrogens (primary N) is 1. The van der Waals surface area contributed by atoms with Crippen molar-refractivity contribution in [2.75, 3.05) is 25.0 Å². The maximum absolute atomic E-state index is 12.0. The Kier molecular flexibility index (Phi) is 7.24. The van der Waals surface area contributed by atoms with Gasteiger partial charge in [-0.25, -0.2) is 0 Å². The van der Waals surface area contributed by atoms with Gasteiger partial charge in [-0.15, -0.1) is 12.4 Å². The molecule has 1 aliphatic rings. The number of hydrogen-bond donors (Lipinski definition) is 2. The second kappa shape index (κ2) is 8.20. The molecule has 2 rings (SSSR count). The monoisotopic (exact) mass is 351 g/mol. The van der Waals surface area contributed by atoms with Gasteiger partial charge in [-0.1, -0.05) is 30.1 Å². The van der Waals surface area contributed by atoms with Crippen LogP contribution in [0.5, 0.6) is 0 Å². The lowest BCUT2D eigenvalue weighted by molar-refractivity contribution is -0.117. The molecule has 0 aliphatic carbocycles. The van der Waals surface area contributed by atoms with Crippen LogP contribution < -0.4 is 11.1 Å². The van der Waals surface area contributed by atoms with E-state index >= 15 is 0 Å². The summed E-state index contributed by atoms with van der Waals surface area (Å²) in [5.74, 6) is 0.322. The molecule has 1 aliphatic heterocycles. The van der Waals surface area contributed by atoms with Crippen molar-refractivity contribution in [2.24, 2.45) is 11.7 Å². The summed E-state index contributed by atoms with van der Waals surface area (Å²) in [6.45, 7) is 4.16. The molecule has 0 spiro atoms. The van der Waals surface area contributed by atoms with Crippen LogP contribution in [-0.4, -0.2) is 36.5 Å². The molecule has 118 valence electrons. The standard InChI is InChI=1S/C14H19Cl2N3O.ClH/c1-9-7-19(5-4-12(9)17)8-14(20)18-13-6-10(15)2-3-11(13)16;/h2-3,6,9,12H,4-5,7-8,17H2,1H3,(H,18,20);1H. The van der Waals surface area contributed by atoms with E-state index in [-0.39, 0.29) is 24.4 Å². The molecule has 1 aromatic rings. The minimum atomic E-state index is -0.0863. The van der Waals surface area contributed by atoms with Gasteiger partial charge in [0.2, 0.25) is 5.91 Å². The number of anilines is 1. The van der Waals surface area contributed by atoms with Crippen LogP contribution >= 0.6 is 35.6 Å². The number of nitrogens with zero attached hydrogens (tertiary/aromatic N) is 1. The Morgan fingerprint density at radius 1 is 1.48 bits per heavy atom. The van der Waals surface area contributed by atoms with Gasteiger partial charge in [0.1, 0.15) is 0 Å². The first kappa shape index (κ1) is 18.5. The first-order valence-corrected chi connectivity index (χ1v) is 7.44. The molecule has 4 nitrogen and oxygen atoms in total. The van der Waals surface area contributed by atoms with E-state index in [1.165, 1.54) is 0 Å². The summed E-state index contributed by atoms with van der Waals surface area (Å²) in [7, 11) is 0. The van der Waals surface area contributed by atoms with Gasteiger partial charge < -0.3 is 11.1 Å². The number of halogens is 3. The number of likely N-dealkylation sites (tertiary alicyclic amines) is 1. The van der Waals surface area contributed by atoms with E-state index in [4.69, 9.17) is 28.9 Å². The SMILES string of the molecule is CC1CN(CC(=O)Nc2cc(Cl)ccc2Cl)CCC1N.Cl. The van der Waals surface area contributed by atoms with Crippen LogP contribution in [0.2, 0.25) is 10.0 Å². The molecular weight excluding hydrogens is 333 g/mol. The van der Waals surface area contributed by atoms with E-state index < -0.39 is 0 Å². The second-order valence-electron chi connectivity index (χ2n) is 5.34. The Bertz CT molecular complexity index is 498. The predicted molar refractivity (Wildman–Crippen MR) is 90.5 cm³/mol. The fourth-order valence-corrected chi connectivity index (χ4v) is 2.72. The molecule has 1 fully saturated rings. The first-order valence-electron chi connectivity index (χ1n) is 6.68. The van der Waals surface area contributed by atoms with Crippen molar-refractivity contribution < 1.29 is 4.79 Å². The van der Waals surface area contributed by atoms with Crippen LogP contribution in [-0.2, 0) is 4.79 Å². The van der Waals surface area contributed by atoms with Gasteiger partial charge >= 0.3 is 0 Å². The summed E-state index contributed by atoms with van der Waals surface area (Å²) < 4.78 is 0. The average Bonchev–Trinajstić information content (AvgIpc) is 2.38. The third-order valence-electron chi connectivity index (χ3n) is 3.63. The van der Waals surface area contributed by atoms with Gasteiger partial charge in [0, 0.05) is 24.2 Å². The lowest BCUT2D eigenvalue weighted by Crippen LogP contribution is -2.48. The highest BCUT2D eigenvalue weighted by atomic mass is 35.5. The molecule has 0 bridgehead atoms. The van der Waals surface area contributed by atoms with Crippen molar-refractivity contribution in [2.45, 2.75) is 19.4 Å². The first-order chi connectivity index (χ1) is 9.45. The second-order valence-corrected chi connectivity index (χ2v) is 6.18. The number of rotatable bonds is 3. The van der Waals surface area contributed by atoms with Crippen molar-refractivity contribution in [3.05, 3.63) is 28.2 Å². The summed E-state index contributed by atoms with van der Waals surface area (Å²) in [6, 6.07) is 5.24. The normalized spacial score (nSPS) is 22.5. The fraction of sp³-hybridized carbons (Fsp3) is 0.500. The Morgan fingerprint density at radius 2 is 2.19 bits per heavy atom. The van der Waals surface area contributed by atoms with Gasteiger partial charge in [-0.05, 0) is 30.5 Å². The Balaban J connectivity index is 0.00000220.